The summed E-state index contributed by atoms with van der Waals surface area (Å²) in [5.74, 6) is -0.0581. The van der Waals surface area contributed by atoms with E-state index in [4.69, 9.17) is 4.74 Å². The van der Waals surface area contributed by atoms with Gasteiger partial charge in [-0.05, 0) is 24.6 Å². The molecule has 1 aromatic rings. The Bertz CT molecular complexity index is 349. The fraction of sp³-hybridized carbons (Fsp3) is 0.462. The molecule has 94 valence electrons. The second kappa shape index (κ2) is 7.04. The van der Waals surface area contributed by atoms with Gasteiger partial charge in [0.15, 0.2) is 0 Å². The van der Waals surface area contributed by atoms with Crippen LogP contribution in [-0.2, 0) is 11.3 Å². The first-order valence-corrected chi connectivity index (χ1v) is 5.70. The maximum Gasteiger partial charge on any atom is 0.251 e. The molecule has 17 heavy (non-hydrogen) atoms. The monoisotopic (exact) mass is 236 g/mol. The SMILES string of the molecule is CNC(=O)c1ccc(CNC(C)COC)cc1. The second-order valence-corrected chi connectivity index (χ2v) is 4.01. The van der Waals surface area contributed by atoms with E-state index < -0.39 is 0 Å². The van der Waals surface area contributed by atoms with Gasteiger partial charge in [0.2, 0.25) is 0 Å². The van der Waals surface area contributed by atoms with Crippen molar-refractivity contribution in [3.63, 3.8) is 0 Å². The Hall–Kier alpha value is -1.39. The lowest BCUT2D eigenvalue weighted by molar-refractivity contribution is 0.0963. The van der Waals surface area contributed by atoms with Crippen LogP contribution < -0.4 is 10.6 Å². The standard InChI is InChI=1S/C13H20N2O2/c1-10(9-17-3)15-8-11-4-6-12(7-5-11)13(16)14-2/h4-7,10,15H,8-9H2,1-3H3,(H,14,16). The fourth-order valence-corrected chi connectivity index (χ4v) is 1.52. The third-order valence-electron chi connectivity index (χ3n) is 2.51. The summed E-state index contributed by atoms with van der Waals surface area (Å²) in [5.41, 5.74) is 1.83. The molecule has 0 radical (unpaired) electrons. The van der Waals surface area contributed by atoms with E-state index in [0.717, 1.165) is 12.1 Å². The summed E-state index contributed by atoms with van der Waals surface area (Å²) in [4.78, 5) is 11.3. The number of methoxy groups -OCH3 is 1. The third-order valence-corrected chi connectivity index (χ3v) is 2.51. The van der Waals surface area contributed by atoms with Crippen molar-refractivity contribution < 1.29 is 9.53 Å². The van der Waals surface area contributed by atoms with Crippen molar-refractivity contribution in [1.29, 1.82) is 0 Å². The van der Waals surface area contributed by atoms with Crippen LogP contribution in [0.1, 0.15) is 22.8 Å². The summed E-state index contributed by atoms with van der Waals surface area (Å²) >= 11 is 0. The lowest BCUT2D eigenvalue weighted by atomic mass is 10.1. The molecule has 0 aliphatic rings. The van der Waals surface area contributed by atoms with Gasteiger partial charge in [-0.3, -0.25) is 4.79 Å². The maximum absolute atomic E-state index is 11.3. The molecule has 0 fully saturated rings. The minimum Gasteiger partial charge on any atom is -0.383 e. The average molecular weight is 236 g/mol. The van der Waals surface area contributed by atoms with Crippen molar-refractivity contribution in [3.05, 3.63) is 35.4 Å². The van der Waals surface area contributed by atoms with Gasteiger partial charge in [0.25, 0.3) is 5.91 Å². The van der Waals surface area contributed by atoms with Crippen LogP contribution in [0.2, 0.25) is 0 Å². The van der Waals surface area contributed by atoms with E-state index in [2.05, 4.69) is 17.6 Å². The number of amides is 1. The zero-order valence-corrected chi connectivity index (χ0v) is 10.6. The molecule has 2 N–H and O–H groups in total. The number of ether oxygens (including phenoxy) is 1. The molecule has 1 rings (SSSR count). The van der Waals surface area contributed by atoms with Crippen LogP contribution in [0.25, 0.3) is 0 Å². The number of hydrogen-bond donors (Lipinski definition) is 2. The number of carbonyl (C=O) groups is 1. The van der Waals surface area contributed by atoms with E-state index in [1.807, 2.05) is 24.3 Å². The van der Waals surface area contributed by atoms with Gasteiger partial charge in [-0.1, -0.05) is 12.1 Å². The molecule has 0 saturated heterocycles. The van der Waals surface area contributed by atoms with Crippen molar-refractivity contribution in [2.24, 2.45) is 0 Å². The van der Waals surface area contributed by atoms with Crippen molar-refractivity contribution in [2.75, 3.05) is 20.8 Å². The van der Waals surface area contributed by atoms with Crippen LogP contribution in [0, 0.1) is 0 Å². The van der Waals surface area contributed by atoms with Gasteiger partial charge in [0, 0.05) is 32.3 Å². The lowest BCUT2D eigenvalue weighted by Crippen LogP contribution is -2.29. The van der Waals surface area contributed by atoms with Crippen LogP contribution in [0.4, 0.5) is 0 Å². The van der Waals surface area contributed by atoms with Gasteiger partial charge >= 0.3 is 0 Å². The minimum atomic E-state index is -0.0581. The topological polar surface area (TPSA) is 50.4 Å². The summed E-state index contributed by atoms with van der Waals surface area (Å²) in [6.45, 7) is 3.54. The van der Waals surface area contributed by atoms with Gasteiger partial charge in [0.05, 0.1) is 6.61 Å². The Balaban J connectivity index is 2.48. The average Bonchev–Trinajstić information content (AvgIpc) is 2.36. The Morgan fingerprint density at radius 2 is 2.00 bits per heavy atom. The van der Waals surface area contributed by atoms with Crippen LogP contribution in [0.5, 0.6) is 0 Å². The molecule has 4 nitrogen and oxygen atoms in total. The molecular weight excluding hydrogens is 216 g/mol. The van der Waals surface area contributed by atoms with E-state index in [1.165, 1.54) is 0 Å². The molecule has 0 aromatic heterocycles. The van der Waals surface area contributed by atoms with Gasteiger partial charge in [0.1, 0.15) is 0 Å². The van der Waals surface area contributed by atoms with Gasteiger partial charge in [-0.25, -0.2) is 0 Å². The van der Waals surface area contributed by atoms with Crippen molar-refractivity contribution >= 4 is 5.91 Å². The van der Waals surface area contributed by atoms with Gasteiger partial charge in [-0.15, -0.1) is 0 Å². The van der Waals surface area contributed by atoms with Crippen LogP contribution in [-0.4, -0.2) is 32.7 Å². The molecule has 0 aliphatic heterocycles. The highest BCUT2D eigenvalue weighted by Gasteiger charge is 2.03. The van der Waals surface area contributed by atoms with E-state index in [1.54, 1.807) is 14.2 Å². The zero-order valence-electron chi connectivity index (χ0n) is 10.6. The van der Waals surface area contributed by atoms with E-state index >= 15 is 0 Å². The van der Waals surface area contributed by atoms with Crippen molar-refractivity contribution in [2.45, 2.75) is 19.5 Å². The number of nitrogens with one attached hydrogen (secondary N) is 2. The summed E-state index contributed by atoms with van der Waals surface area (Å²) in [5, 5.41) is 5.93. The highest BCUT2D eigenvalue weighted by atomic mass is 16.5. The summed E-state index contributed by atoms with van der Waals surface area (Å²) in [6.07, 6.45) is 0. The number of rotatable bonds is 6. The molecule has 1 amide bonds. The van der Waals surface area contributed by atoms with Crippen LogP contribution >= 0.6 is 0 Å². The zero-order chi connectivity index (χ0) is 12.7. The van der Waals surface area contributed by atoms with Gasteiger partial charge in [-0.2, -0.15) is 0 Å². The highest BCUT2D eigenvalue weighted by Crippen LogP contribution is 2.04. The van der Waals surface area contributed by atoms with E-state index in [-0.39, 0.29) is 5.91 Å². The van der Waals surface area contributed by atoms with E-state index in [0.29, 0.717) is 18.2 Å². The van der Waals surface area contributed by atoms with Crippen LogP contribution in [0.15, 0.2) is 24.3 Å². The first-order chi connectivity index (χ1) is 8.17. The predicted molar refractivity (Wildman–Crippen MR) is 68.0 cm³/mol. The summed E-state index contributed by atoms with van der Waals surface area (Å²) in [6, 6.07) is 7.89. The molecular formula is C13H20N2O2. The smallest absolute Gasteiger partial charge is 0.251 e. The molecule has 0 heterocycles. The first kappa shape index (κ1) is 13.7. The molecule has 4 heteroatoms. The molecule has 0 spiro atoms. The minimum absolute atomic E-state index is 0.0581. The lowest BCUT2D eigenvalue weighted by Gasteiger charge is -2.12. The molecule has 1 unspecified atom stereocenters. The van der Waals surface area contributed by atoms with Gasteiger partial charge < -0.3 is 15.4 Å². The van der Waals surface area contributed by atoms with E-state index in [9.17, 15) is 4.79 Å². The Kier molecular flexibility index (Phi) is 5.66. The molecule has 1 aromatic carbocycles. The third kappa shape index (κ3) is 4.54. The predicted octanol–water partition coefficient (Wildman–Crippen LogP) is 1.17. The number of carbonyl (C=O) groups excluding carboxylic acids is 1. The Morgan fingerprint density at radius 1 is 1.35 bits per heavy atom. The van der Waals surface area contributed by atoms with Crippen LogP contribution in [0.3, 0.4) is 0 Å². The maximum atomic E-state index is 11.3. The summed E-state index contributed by atoms with van der Waals surface area (Å²) < 4.78 is 5.04. The number of benzene rings is 1. The molecule has 0 bridgehead atoms. The largest absolute Gasteiger partial charge is 0.383 e. The highest BCUT2D eigenvalue weighted by molar-refractivity contribution is 5.93. The number of hydrogen-bond acceptors (Lipinski definition) is 3. The Morgan fingerprint density at radius 3 is 2.53 bits per heavy atom. The molecule has 0 saturated carbocycles. The Labute approximate surface area is 102 Å². The first-order valence-electron chi connectivity index (χ1n) is 5.70. The quantitative estimate of drug-likeness (QED) is 0.779. The second-order valence-electron chi connectivity index (χ2n) is 4.01. The fourth-order valence-electron chi connectivity index (χ4n) is 1.52. The molecule has 0 aliphatic carbocycles. The normalized spacial score (nSPS) is 12.2. The molecule has 1 atom stereocenters. The van der Waals surface area contributed by atoms with Crippen molar-refractivity contribution in [3.8, 4) is 0 Å². The van der Waals surface area contributed by atoms with Crippen molar-refractivity contribution in [1.82, 2.24) is 10.6 Å². The summed E-state index contributed by atoms with van der Waals surface area (Å²) in [7, 11) is 3.32.